The molecule has 4 aromatic carbocycles. The molecular formula is C23H14BrCl2NO2. The van der Waals surface area contributed by atoms with E-state index in [4.69, 9.17) is 27.9 Å². The van der Waals surface area contributed by atoms with Crippen LogP contribution in [0.4, 0.5) is 5.69 Å². The maximum Gasteiger partial charge on any atom is 0.256 e. The van der Waals surface area contributed by atoms with E-state index < -0.39 is 0 Å². The van der Waals surface area contributed by atoms with Crippen molar-refractivity contribution in [3.8, 4) is 11.5 Å². The van der Waals surface area contributed by atoms with E-state index in [0.29, 0.717) is 32.8 Å². The molecule has 0 aliphatic rings. The normalized spacial score (nSPS) is 10.7. The molecule has 0 atom stereocenters. The molecule has 0 radical (unpaired) electrons. The topological polar surface area (TPSA) is 38.3 Å². The summed E-state index contributed by atoms with van der Waals surface area (Å²) >= 11 is 16.3. The predicted molar refractivity (Wildman–Crippen MR) is 123 cm³/mol. The summed E-state index contributed by atoms with van der Waals surface area (Å²) in [5.74, 6) is 0.722. The number of halogens is 3. The van der Waals surface area contributed by atoms with Crippen molar-refractivity contribution in [2.75, 3.05) is 5.32 Å². The number of amides is 1. The summed E-state index contributed by atoms with van der Waals surface area (Å²) in [6, 6.07) is 23.8. The summed E-state index contributed by atoms with van der Waals surface area (Å²) in [4.78, 5) is 12.5. The Balaban J connectivity index is 1.56. The van der Waals surface area contributed by atoms with Gasteiger partial charge in [0.2, 0.25) is 0 Å². The standard InChI is InChI=1S/C23H14BrCl2NO2/c24-18-8-4-3-7-17(18)23(28)27-15-10-12-20(19(25)13-15)29-21-11-9-14-5-1-2-6-16(14)22(21)26/h1-13H,(H,27,28). The zero-order chi connectivity index (χ0) is 20.4. The quantitative estimate of drug-likeness (QED) is 0.317. The molecule has 1 N–H and O–H groups in total. The van der Waals surface area contributed by atoms with Gasteiger partial charge in [-0.15, -0.1) is 0 Å². The van der Waals surface area contributed by atoms with Crippen LogP contribution < -0.4 is 10.1 Å². The van der Waals surface area contributed by atoms with Crippen molar-refractivity contribution in [1.29, 1.82) is 0 Å². The van der Waals surface area contributed by atoms with Gasteiger partial charge in [0.05, 0.1) is 15.6 Å². The lowest BCUT2D eigenvalue weighted by atomic mass is 10.1. The van der Waals surface area contributed by atoms with Crippen LogP contribution in [0, 0.1) is 0 Å². The first kappa shape index (κ1) is 19.8. The molecule has 0 saturated carbocycles. The van der Waals surface area contributed by atoms with Gasteiger partial charge in [-0.2, -0.15) is 0 Å². The van der Waals surface area contributed by atoms with Crippen molar-refractivity contribution in [3.05, 3.63) is 98.9 Å². The molecule has 4 aromatic rings. The molecule has 0 aromatic heterocycles. The first-order valence-corrected chi connectivity index (χ1v) is 10.3. The first-order valence-electron chi connectivity index (χ1n) is 8.73. The van der Waals surface area contributed by atoms with E-state index in [1.165, 1.54) is 0 Å². The number of ether oxygens (including phenoxy) is 1. The molecule has 4 rings (SSSR count). The smallest absolute Gasteiger partial charge is 0.256 e. The zero-order valence-corrected chi connectivity index (χ0v) is 18.1. The second kappa shape index (κ2) is 8.46. The Morgan fingerprint density at radius 2 is 1.59 bits per heavy atom. The SMILES string of the molecule is O=C(Nc1ccc(Oc2ccc3ccccc3c2Cl)c(Cl)c1)c1ccccc1Br. The van der Waals surface area contributed by atoms with Gasteiger partial charge in [-0.25, -0.2) is 0 Å². The second-order valence-electron chi connectivity index (χ2n) is 6.28. The molecule has 0 saturated heterocycles. The molecule has 144 valence electrons. The summed E-state index contributed by atoms with van der Waals surface area (Å²) in [5.41, 5.74) is 1.10. The van der Waals surface area contributed by atoms with Crippen molar-refractivity contribution >= 4 is 61.5 Å². The molecule has 0 heterocycles. The van der Waals surface area contributed by atoms with E-state index in [1.54, 1.807) is 30.3 Å². The fraction of sp³-hybridized carbons (Fsp3) is 0. The van der Waals surface area contributed by atoms with Crippen LogP contribution in [0.25, 0.3) is 10.8 Å². The fourth-order valence-corrected chi connectivity index (χ4v) is 3.87. The third-order valence-corrected chi connectivity index (χ3v) is 5.73. The van der Waals surface area contributed by atoms with E-state index in [0.717, 1.165) is 15.2 Å². The van der Waals surface area contributed by atoms with Gasteiger partial charge in [-0.3, -0.25) is 4.79 Å². The van der Waals surface area contributed by atoms with Crippen LogP contribution >= 0.6 is 39.1 Å². The summed E-state index contributed by atoms with van der Waals surface area (Å²) in [6.45, 7) is 0. The van der Waals surface area contributed by atoms with Gasteiger partial charge in [0.1, 0.15) is 11.5 Å². The third-order valence-electron chi connectivity index (χ3n) is 4.36. The Morgan fingerprint density at radius 1 is 0.862 bits per heavy atom. The van der Waals surface area contributed by atoms with Crippen molar-refractivity contribution in [3.63, 3.8) is 0 Å². The minimum atomic E-state index is -0.236. The molecule has 6 heteroatoms. The van der Waals surface area contributed by atoms with Crippen LogP contribution in [0.1, 0.15) is 10.4 Å². The monoisotopic (exact) mass is 485 g/mol. The minimum Gasteiger partial charge on any atom is -0.454 e. The van der Waals surface area contributed by atoms with Crippen LogP contribution in [0.3, 0.4) is 0 Å². The maximum absolute atomic E-state index is 12.5. The molecule has 0 spiro atoms. The van der Waals surface area contributed by atoms with Gasteiger partial charge in [0.15, 0.2) is 0 Å². The number of nitrogens with one attached hydrogen (secondary N) is 1. The highest BCUT2D eigenvalue weighted by Crippen LogP contribution is 2.38. The number of benzene rings is 4. The summed E-state index contributed by atoms with van der Waals surface area (Å²) in [6.07, 6.45) is 0. The van der Waals surface area contributed by atoms with E-state index in [1.807, 2.05) is 48.5 Å². The zero-order valence-electron chi connectivity index (χ0n) is 15.0. The summed E-state index contributed by atoms with van der Waals surface area (Å²) in [5, 5.41) is 5.64. The van der Waals surface area contributed by atoms with Crippen molar-refractivity contribution in [1.82, 2.24) is 0 Å². The Kier molecular flexibility index (Phi) is 5.76. The lowest BCUT2D eigenvalue weighted by molar-refractivity contribution is 0.102. The van der Waals surface area contributed by atoms with E-state index in [-0.39, 0.29) is 5.91 Å². The van der Waals surface area contributed by atoms with Crippen LogP contribution in [0.15, 0.2) is 83.3 Å². The lowest BCUT2D eigenvalue weighted by Crippen LogP contribution is -2.12. The Labute approximate surface area is 186 Å². The van der Waals surface area contributed by atoms with E-state index in [9.17, 15) is 4.79 Å². The number of carbonyl (C=O) groups is 1. The molecule has 0 bridgehead atoms. The highest BCUT2D eigenvalue weighted by Gasteiger charge is 2.13. The summed E-state index contributed by atoms with van der Waals surface area (Å²) < 4.78 is 6.64. The molecule has 3 nitrogen and oxygen atoms in total. The van der Waals surface area contributed by atoms with Crippen LogP contribution in [0.2, 0.25) is 10.0 Å². The molecule has 0 aliphatic carbocycles. The number of carbonyl (C=O) groups excluding carboxylic acids is 1. The number of hydrogen-bond acceptors (Lipinski definition) is 2. The molecule has 0 aliphatic heterocycles. The van der Waals surface area contributed by atoms with Gasteiger partial charge in [-0.1, -0.05) is 65.7 Å². The van der Waals surface area contributed by atoms with Crippen LogP contribution in [-0.2, 0) is 0 Å². The van der Waals surface area contributed by atoms with Gasteiger partial charge >= 0.3 is 0 Å². The van der Waals surface area contributed by atoms with Gasteiger partial charge in [0, 0.05) is 15.5 Å². The highest BCUT2D eigenvalue weighted by atomic mass is 79.9. The predicted octanol–water partition coefficient (Wildman–Crippen LogP) is 7.95. The largest absolute Gasteiger partial charge is 0.454 e. The first-order chi connectivity index (χ1) is 14.0. The van der Waals surface area contributed by atoms with Crippen molar-refractivity contribution < 1.29 is 9.53 Å². The Hall–Kier alpha value is -2.53. The van der Waals surface area contributed by atoms with Crippen LogP contribution in [-0.4, -0.2) is 5.91 Å². The lowest BCUT2D eigenvalue weighted by Gasteiger charge is -2.13. The molecular weight excluding hydrogens is 473 g/mol. The molecule has 0 unspecified atom stereocenters. The Morgan fingerprint density at radius 3 is 2.38 bits per heavy atom. The Bertz CT molecular complexity index is 1230. The molecule has 1 amide bonds. The van der Waals surface area contributed by atoms with E-state index in [2.05, 4.69) is 21.2 Å². The molecule has 29 heavy (non-hydrogen) atoms. The average molecular weight is 487 g/mol. The van der Waals surface area contributed by atoms with E-state index >= 15 is 0 Å². The molecule has 0 fully saturated rings. The van der Waals surface area contributed by atoms with Gasteiger partial charge < -0.3 is 10.1 Å². The van der Waals surface area contributed by atoms with Crippen LogP contribution in [0.5, 0.6) is 11.5 Å². The van der Waals surface area contributed by atoms with Crippen molar-refractivity contribution in [2.45, 2.75) is 0 Å². The number of anilines is 1. The fourth-order valence-electron chi connectivity index (χ4n) is 2.92. The third kappa shape index (κ3) is 4.25. The average Bonchev–Trinajstić information content (AvgIpc) is 2.72. The maximum atomic E-state index is 12.5. The number of fused-ring (bicyclic) bond motifs is 1. The van der Waals surface area contributed by atoms with Gasteiger partial charge in [0.25, 0.3) is 5.91 Å². The second-order valence-corrected chi connectivity index (χ2v) is 7.92. The minimum absolute atomic E-state index is 0.236. The summed E-state index contributed by atoms with van der Waals surface area (Å²) in [7, 11) is 0. The number of rotatable bonds is 4. The number of hydrogen-bond donors (Lipinski definition) is 1. The van der Waals surface area contributed by atoms with Gasteiger partial charge in [-0.05, 0) is 57.7 Å². The van der Waals surface area contributed by atoms with Crippen molar-refractivity contribution in [2.24, 2.45) is 0 Å². The highest BCUT2D eigenvalue weighted by molar-refractivity contribution is 9.10.